The molecule has 4 nitrogen and oxygen atoms in total. The van der Waals surface area contributed by atoms with Crippen LogP contribution in [0.4, 0.5) is 15.8 Å². The minimum Gasteiger partial charge on any atom is -0.478 e. The number of nitrogens with zero attached hydrogens (tertiary/aromatic N) is 1. The molecule has 0 saturated carbocycles. The van der Waals surface area contributed by atoms with E-state index in [4.69, 9.17) is 5.73 Å². The summed E-state index contributed by atoms with van der Waals surface area (Å²) in [7, 11) is 1.72. The van der Waals surface area contributed by atoms with Gasteiger partial charge in [0, 0.05) is 18.3 Å². The van der Waals surface area contributed by atoms with Crippen molar-refractivity contribution in [3.8, 4) is 0 Å². The van der Waals surface area contributed by atoms with Crippen LogP contribution >= 0.6 is 0 Å². The number of rotatable bonds is 4. The number of halogens is 1. The van der Waals surface area contributed by atoms with E-state index in [0.29, 0.717) is 16.9 Å². The highest BCUT2D eigenvalue weighted by molar-refractivity contribution is 5.95. The van der Waals surface area contributed by atoms with Crippen molar-refractivity contribution in [3.63, 3.8) is 0 Å². The number of nitrogens with two attached hydrogens (primary N) is 1. The molecule has 2 rings (SSSR count). The molecule has 0 aliphatic carbocycles. The standard InChI is InChI=1S/C16H17FN2O2/c1-10(12-5-3-4-6-14(12)17)19(2)15-9-11(18)7-8-13(15)16(20)21/h3-10H,18H2,1-2H3,(H,20,21). The summed E-state index contributed by atoms with van der Waals surface area (Å²) < 4.78 is 13.9. The van der Waals surface area contributed by atoms with E-state index in [2.05, 4.69) is 0 Å². The van der Waals surface area contributed by atoms with E-state index in [1.165, 1.54) is 18.2 Å². The molecule has 1 atom stereocenters. The Morgan fingerprint density at radius 2 is 1.95 bits per heavy atom. The summed E-state index contributed by atoms with van der Waals surface area (Å²) in [6.07, 6.45) is 0. The van der Waals surface area contributed by atoms with Crippen LogP contribution in [-0.2, 0) is 0 Å². The van der Waals surface area contributed by atoms with Gasteiger partial charge in [0.2, 0.25) is 0 Å². The Morgan fingerprint density at radius 1 is 1.29 bits per heavy atom. The fraction of sp³-hybridized carbons (Fsp3) is 0.188. The summed E-state index contributed by atoms with van der Waals surface area (Å²) in [5.41, 5.74) is 7.29. The number of nitrogen functional groups attached to an aromatic ring is 1. The van der Waals surface area contributed by atoms with Gasteiger partial charge in [-0.1, -0.05) is 18.2 Å². The van der Waals surface area contributed by atoms with E-state index < -0.39 is 5.97 Å². The highest BCUT2D eigenvalue weighted by Crippen LogP contribution is 2.30. The van der Waals surface area contributed by atoms with Gasteiger partial charge in [-0.15, -0.1) is 0 Å². The molecule has 2 aromatic carbocycles. The van der Waals surface area contributed by atoms with Crippen LogP contribution < -0.4 is 10.6 Å². The van der Waals surface area contributed by atoms with Crippen molar-refractivity contribution in [2.45, 2.75) is 13.0 Å². The normalized spacial score (nSPS) is 12.0. The summed E-state index contributed by atoms with van der Waals surface area (Å²) in [5, 5.41) is 9.27. The number of anilines is 2. The van der Waals surface area contributed by atoms with Crippen molar-refractivity contribution in [2.24, 2.45) is 0 Å². The molecule has 0 aliphatic rings. The van der Waals surface area contributed by atoms with Gasteiger partial charge in [0.1, 0.15) is 5.82 Å². The summed E-state index contributed by atoms with van der Waals surface area (Å²) in [6, 6.07) is 10.7. The molecule has 0 aliphatic heterocycles. The van der Waals surface area contributed by atoms with Crippen molar-refractivity contribution in [3.05, 3.63) is 59.4 Å². The number of carbonyl (C=O) groups is 1. The van der Waals surface area contributed by atoms with Crippen molar-refractivity contribution in [1.29, 1.82) is 0 Å². The maximum atomic E-state index is 13.9. The van der Waals surface area contributed by atoms with Gasteiger partial charge >= 0.3 is 5.97 Å². The van der Waals surface area contributed by atoms with Crippen LogP contribution in [-0.4, -0.2) is 18.1 Å². The number of aromatic carboxylic acids is 1. The molecule has 110 valence electrons. The molecule has 0 radical (unpaired) electrons. The molecule has 5 heteroatoms. The molecule has 0 bridgehead atoms. The quantitative estimate of drug-likeness (QED) is 0.847. The second-order valence-electron chi connectivity index (χ2n) is 4.89. The zero-order valence-electron chi connectivity index (χ0n) is 11.9. The van der Waals surface area contributed by atoms with E-state index in [0.717, 1.165) is 0 Å². The third kappa shape index (κ3) is 2.97. The number of carboxylic acid groups (broad SMARTS) is 1. The Hall–Kier alpha value is -2.56. The van der Waals surface area contributed by atoms with Gasteiger partial charge in [-0.25, -0.2) is 9.18 Å². The van der Waals surface area contributed by atoms with Crippen molar-refractivity contribution in [2.75, 3.05) is 17.7 Å². The van der Waals surface area contributed by atoms with Crippen LogP contribution in [0.25, 0.3) is 0 Å². The van der Waals surface area contributed by atoms with E-state index in [1.807, 2.05) is 6.92 Å². The highest BCUT2D eigenvalue weighted by atomic mass is 19.1. The highest BCUT2D eigenvalue weighted by Gasteiger charge is 2.20. The van der Waals surface area contributed by atoms with Crippen LogP contribution in [0.2, 0.25) is 0 Å². The van der Waals surface area contributed by atoms with Crippen LogP contribution in [0.3, 0.4) is 0 Å². The Balaban J connectivity index is 2.44. The summed E-state index contributed by atoms with van der Waals surface area (Å²) in [4.78, 5) is 13.0. The first kappa shape index (κ1) is 14.8. The number of hydrogen-bond acceptors (Lipinski definition) is 3. The molecule has 1 unspecified atom stereocenters. The lowest BCUT2D eigenvalue weighted by molar-refractivity contribution is 0.0697. The first-order chi connectivity index (χ1) is 9.91. The number of carboxylic acids is 1. The van der Waals surface area contributed by atoms with E-state index in [-0.39, 0.29) is 17.4 Å². The van der Waals surface area contributed by atoms with Crippen molar-refractivity contribution < 1.29 is 14.3 Å². The lowest BCUT2D eigenvalue weighted by Crippen LogP contribution is -2.24. The first-order valence-corrected chi connectivity index (χ1v) is 6.52. The molecule has 2 aromatic rings. The Labute approximate surface area is 122 Å². The third-order valence-corrected chi connectivity index (χ3v) is 3.57. The van der Waals surface area contributed by atoms with Crippen molar-refractivity contribution in [1.82, 2.24) is 0 Å². The summed E-state index contributed by atoms with van der Waals surface area (Å²) >= 11 is 0. The van der Waals surface area contributed by atoms with Gasteiger partial charge in [-0.3, -0.25) is 0 Å². The second kappa shape index (κ2) is 5.83. The fourth-order valence-electron chi connectivity index (χ4n) is 2.25. The number of benzene rings is 2. The molecule has 0 spiro atoms. The molecule has 0 heterocycles. The molecular formula is C16H17FN2O2. The van der Waals surface area contributed by atoms with Gasteiger partial charge in [0.05, 0.1) is 17.3 Å². The SMILES string of the molecule is CC(c1ccccc1F)N(C)c1cc(N)ccc1C(=O)O. The maximum Gasteiger partial charge on any atom is 0.337 e. The Morgan fingerprint density at radius 3 is 2.57 bits per heavy atom. The van der Waals surface area contributed by atoms with E-state index in [9.17, 15) is 14.3 Å². The van der Waals surface area contributed by atoms with E-state index >= 15 is 0 Å². The average molecular weight is 288 g/mol. The van der Waals surface area contributed by atoms with Crippen LogP contribution in [0.5, 0.6) is 0 Å². The molecule has 0 fully saturated rings. The van der Waals surface area contributed by atoms with Gasteiger partial charge in [0.25, 0.3) is 0 Å². The molecular weight excluding hydrogens is 271 g/mol. The zero-order chi connectivity index (χ0) is 15.6. The molecule has 0 aromatic heterocycles. The minimum absolute atomic E-state index is 0.134. The van der Waals surface area contributed by atoms with Gasteiger partial charge < -0.3 is 15.7 Å². The van der Waals surface area contributed by atoms with Gasteiger partial charge in [-0.05, 0) is 31.2 Å². The third-order valence-electron chi connectivity index (χ3n) is 3.57. The van der Waals surface area contributed by atoms with Crippen LogP contribution in [0, 0.1) is 5.82 Å². The Bertz CT molecular complexity index is 673. The van der Waals surface area contributed by atoms with Gasteiger partial charge in [-0.2, -0.15) is 0 Å². The monoisotopic (exact) mass is 288 g/mol. The lowest BCUT2D eigenvalue weighted by Gasteiger charge is -2.29. The maximum absolute atomic E-state index is 13.9. The predicted molar refractivity (Wildman–Crippen MR) is 81.0 cm³/mol. The largest absolute Gasteiger partial charge is 0.478 e. The van der Waals surface area contributed by atoms with Crippen LogP contribution in [0.1, 0.15) is 28.9 Å². The summed E-state index contributed by atoms with van der Waals surface area (Å²) in [5.74, 6) is -1.37. The average Bonchev–Trinajstić information content (AvgIpc) is 2.45. The number of hydrogen-bond donors (Lipinski definition) is 2. The van der Waals surface area contributed by atoms with Crippen molar-refractivity contribution >= 4 is 17.3 Å². The second-order valence-corrected chi connectivity index (χ2v) is 4.89. The molecule has 3 N–H and O–H groups in total. The smallest absolute Gasteiger partial charge is 0.337 e. The zero-order valence-corrected chi connectivity index (χ0v) is 11.9. The molecule has 0 saturated heterocycles. The molecule has 0 amide bonds. The lowest BCUT2D eigenvalue weighted by atomic mass is 10.0. The summed E-state index contributed by atoms with van der Waals surface area (Å²) in [6.45, 7) is 1.81. The van der Waals surface area contributed by atoms with E-state index in [1.54, 1.807) is 36.2 Å². The topological polar surface area (TPSA) is 66.6 Å². The molecule has 21 heavy (non-hydrogen) atoms. The first-order valence-electron chi connectivity index (χ1n) is 6.52. The Kier molecular flexibility index (Phi) is 4.12. The van der Waals surface area contributed by atoms with Gasteiger partial charge in [0.15, 0.2) is 0 Å². The predicted octanol–water partition coefficient (Wildman–Crippen LogP) is 3.30. The fourth-order valence-corrected chi connectivity index (χ4v) is 2.25. The van der Waals surface area contributed by atoms with Crippen LogP contribution in [0.15, 0.2) is 42.5 Å². The minimum atomic E-state index is -1.04.